The van der Waals surface area contributed by atoms with Crippen LogP contribution in [0.4, 0.5) is 10.2 Å². The molecular weight excluding hydrogens is 574 g/mol. The Morgan fingerprint density at radius 2 is 1.86 bits per heavy atom. The summed E-state index contributed by atoms with van der Waals surface area (Å²) in [6.45, 7) is 2.92. The molecule has 2 aliphatic rings. The Labute approximate surface area is 240 Å². The van der Waals surface area contributed by atoms with Gasteiger partial charge in [-0.15, -0.1) is 0 Å². The van der Waals surface area contributed by atoms with Crippen LogP contribution in [0.25, 0.3) is 11.2 Å². The van der Waals surface area contributed by atoms with Gasteiger partial charge in [0.2, 0.25) is 0 Å². The molecular formula is C26H34FN6O8P. The molecule has 16 heteroatoms. The lowest BCUT2D eigenvalue weighted by Gasteiger charge is -2.29. The third kappa shape index (κ3) is 6.56. The quantitative estimate of drug-likeness (QED) is 0.194. The summed E-state index contributed by atoms with van der Waals surface area (Å²) < 4.78 is 51.9. The number of benzene rings is 1. The van der Waals surface area contributed by atoms with Crippen molar-refractivity contribution in [2.75, 3.05) is 5.73 Å². The van der Waals surface area contributed by atoms with E-state index in [2.05, 4.69) is 20.0 Å². The van der Waals surface area contributed by atoms with Crippen molar-refractivity contribution in [1.29, 1.82) is 0 Å². The van der Waals surface area contributed by atoms with Gasteiger partial charge in [0, 0.05) is 0 Å². The average molecular weight is 609 g/mol. The highest BCUT2D eigenvalue weighted by molar-refractivity contribution is 7.52. The molecule has 1 aliphatic carbocycles. The lowest BCUT2D eigenvalue weighted by molar-refractivity contribution is -0.152. The van der Waals surface area contributed by atoms with Crippen LogP contribution in [0, 0.1) is 5.82 Å². The number of esters is 1. The zero-order valence-corrected chi connectivity index (χ0v) is 24.0. The van der Waals surface area contributed by atoms with Crippen molar-refractivity contribution in [2.45, 2.75) is 88.7 Å². The minimum absolute atomic E-state index is 0.000221. The van der Waals surface area contributed by atoms with E-state index in [-0.39, 0.29) is 28.8 Å². The minimum Gasteiger partial charge on any atom is -0.461 e. The van der Waals surface area contributed by atoms with Crippen LogP contribution < -0.4 is 15.3 Å². The number of imidazole rings is 1. The number of rotatable bonds is 10. The molecule has 3 aromatic rings. The summed E-state index contributed by atoms with van der Waals surface area (Å²) in [6.07, 6.45) is 0.376. The normalized spacial score (nSPS) is 26.0. The lowest BCUT2D eigenvalue weighted by Crippen LogP contribution is -2.41. The minimum atomic E-state index is -4.40. The predicted octanol–water partition coefficient (Wildman–Crippen LogP) is 2.61. The monoisotopic (exact) mass is 608 g/mol. The molecule has 5 N–H and O–H groups in total. The topological polar surface area (TPSA) is 193 Å². The summed E-state index contributed by atoms with van der Waals surface area (Å²) in [5.41, 5.74) is 6.41. The van der Waals surface area contributed by atoms with E-state index in [1.165, 1.54) is 43.2 Å². The summed E-state index contributed by atoms with van der Waals surface area (Å²) in [5, 5.41) is 24.3. The number of hydrogen-bond donors (Lipinski definition) is 4. The Hall–Kier alpha value is -3.20. The van der Waals surface area contributed by atoms with E-state index >= 15 is 0 Å². The highest BCUT2D eigenvalue weighted by atomic mass is 31.2. The fraction of sp³-hybridized carbons (Fsp3) is 0.538. The highest BCUT2D eigenvalue weighted by Crippen LogP contribution is 2.48. The van der Waals surface area contributed by atoms with E-state index in [0.717, 1.165) is 44.2 Å². The molecule has 5 rings (SSSR count). The molecule has 1 aromatic carbocycles. The zero-order valence-electron chi connectivity index (χ0n) is 23.1. The summed E-state index contributed by atoms with van der Waals surface area (Å²) in [5.74, 6) is -1.05. The van der Waals surface area contributed by atoms with Crippen molar-refractivity contribution in [3.8, 4) is 5.75 Å². The van der Waals surface area contributed by atoms with Gasteiger partial charge in [0.1, 0.15) is 53.9 Å². The number of ether oxygens (including phenoxy) is 2. The third-order valence-electron chi connectivity index (χ3n) is 7.28. The number of fused-ring (bicyclic) bond motifs is 1. The van der Waals surface area contributed by atoms with Crippen LogP contribution in [-0.4, -0.2) is 72.3 Å². The van der Waals surface area contributed by atoms with E-state index in [0.29, 0.717) is 0 Å². The molecule has 14 nitrogen and oxygen atoms in total. The first-order chi connectivity index (χ1) is 20.0. The fourth-order valence-electron chi connectivity index (χ4n) is 5.09. The number of aromatic nitrogens is 4. The molecule has 3 unspecified atom stereocenters. The van der Waals surface area contributed by atoms with Crippen molar-refractivity contribution in [1.82, 2.24) is 24.6 Å². The second-order valence-electron chi connectivity index (χ2n) is 10.5. The molecule has 42 heavy (non-hydrogen) atoms. The van der Waals surface area contributed by atoms with Gasteiger partial charge in [0.25, 0.3) is 0 Å². The number of carbonyl (C=O) groups excluding carboxylic acids is 1. The van der Waals surface area contributed by atoms with Crippen LogP contribution >= 0.6 is 7.75 Å². The van der Waals surface area contributed by atoms with Crippen molar-refractivity contribution < 1.29 is 42.5 Å². The van der Waals surface area contributed by atoms with Crippen molar-refractivity contribution in [2.24, 2.45) is 0 Å². The molecule has 0 amide bonds. The summed E-state index contributed by atoms with van der Waals surface area (Å²) in [6, 6.07) is 3.61. The number of hydrogen-bond acceptors (Lipinski definition) is 12. The summed E-state index contributed by atoms with van der Waals surface area (Å²) >= 11 is 0. The molecule has 1 aliphatic heterocycles. The van der Waals surface area contributed by atoms with Crippen molar-refractivity contribution in [3.05, 3.63) is 42.7 Å². The number of nitrogens with one attached hydrogen (secondary N) is 1. The Morgan fingerprint density at radius 1 is 1.14 bits per heavy atom. The van der Waals surface area contributed by atoms with Crippen LogP contribution in [0.2, 0.25) is 0 Å². The standard InChI is InChI=1S/C26H34FN6O8P/c1-14(26(36)38-17-6-4-3-5-7-17)32-42(37,41-18-10-8-16(27)9-11-18)40-15(2)22-20(34)21(35)25(39-22)33-13-31-19-23(28)29-12-30-24(19)33/h8-15,17,20-22,25,34-35H,3-7H2,1-2H3,(H,32,37)(H2,28,29,30)/t14?,15?,20-,21+,22+,25+,42?/m0/s1. The Balaban J connectivity index is 1.33. The maximum Gasteiger partial charge on any atom is 0.459 e. The van der Waals surface area contributed by atoms with Gasteiger partial charge in [0.15, 0.2) is 17.7 Å². The molecule has 0 radical (unpaired) electrons. The molecule has 1 saturated heterocycles. The van der Waals surface area contributed by atoms with E-state index < -0.39 is 56.2 Å². The molecule has 2 aromatic heterocycles. The number of carbonyl (C=O) groups is 1. The first kappa shape index (κ1) is 30.3. The van der Waals surface area contributed by atoms with Crippen LogP contribution in [0.15, 0.2) is 36.9 Å². The first-order valence-electron chi connectivity index (χ1n) is 13.7. The molecule has 0 spiro atoms. The SMILES string of the molecule is CC(NP(=O)(Oc1ccc(F)cc1)OC(C)[C@H]1O[C@@H](n2cnc3c(N)ncnc32)[C@H](O)[C@@H]1O)C(=O)OC1CCCCC1. The number of halogens is 1. The number of anilines is 1. The maximum absolute atomic E-state index is 14.0. The fourth-order valence-corrected chi connectivity index (χ4v) is 6.78. The van der Waals surface area contributed by atoms with Crippen LogP contribution in [-0.2, 0) is 23.4 Å². The third-order valence-corrected chi connectivity index (χ3v) is 9.05. The number of aliphatic hydroxyl groups excluding tert-OH is 2. The van der Waals surface area contributed by atoms with Gasteiger partial charge in [-0.05, 0) is 63.8 Å². The Bertz CT molecular complexity index is 1440. The number of nitrogen functional groups attached to an aromatic ring is 1. The second kappa shape index (κ2) is 12.6. The summed E-state index contributed by atoms with van der Waals surface area (Å²) in [4.78, 5) is 25.0. The van der Waals surface area contributed by atoms with Crippen molar-refractivity contribution >= 4 is 30.7 Å². The molecule has 3 heterocycles. The van der Waals surface area contributed by atoms with Gasteiger partial charge in [-0.25, -0.2) is 23.9 Å². The van der Waals surface area contributed by atoms with Crippen molar-refractivity contribution in [3.63, 3.8) is 0 Å². The van der Waals surface area contributed by atoms with Gasteiger partial charge in [-0.1, -0.05) is 6.42 Å². The van der Waals surface area contributed by atoms with Crippen LogP contribution in [0.5, 0.6) is 5.75 Å². The number of nitrogens with zero attached hydrogens (tertiary/aromatic N) is 4. The van der Waals surface area contributed by atoms with E-state index in [9.17, 15) is 24.0 Å². The first-order valence-corrected chi connectivity index (χ1v) is 15.3. The lowest BCUT2D eigenvalue weighted by atomic mass is 9.98. The predicted molar refractivity (Wildman–Crippen MR) is 146 cm³/mol. The molecule has 228 valence electrons. The number of aliphatic hydroxyl groups is 2. The summed E-state index contributed by atoms with van der Waals surface area (Å²) in [7, 11) is -4.40. The maximum atomic E-state index is 14.0. The Kier molecular flexibility index (Phi) is 9.06. The van der Waals surface area contributed by atoms with Crippen LogP contribution in [0.3, 0.4) is 0 Å². The van der Waals surface area contributed by atoms with Gasteiger partial charge in [-0.2, -0.15) is 5.09 Å². The zero-order chi connectivity index (χ0) is 30.0. The molecule has 7 atom stereocenters. The largest absolute Gasteiger partial charge is 0.461 e. The van der Waals surface area contributed by atoms with Gasteiger partial charge >= 0.3 is 13.7 Å². The highest BCUT2D eigenvalue weighted by Gasteiger charge is 2.49. The van der Waals surface area contributed by atoms with E-state index in [4.69, 9.17) is 24.3 Å². The average Bonchev–Trinajstić information content (AvgIpc) is 3.52. The molecule has 1 saturated carbocycles. The Morgan fingerprint density at radius 3 is 2.57 bits per heavy atom. The van der Waals surface area contributed by atoms with E-state index in [1.807, 2.05) is 0 Å². The number of nitrogens with two attached hydrogens (primary N) is 1. The molecule has 0 bridgehead atoms. The van der Waals surface area contributed by atoms with Crippen LogP contribution in [0.1, 0.15) is 52.2 Å². The van der Waals surface area contributed by atoms with Gasteiger partial charge < -0.3 is 29.9 Å². The van der Waals surface area contributed by atoms with Gasteiger partial charge in [-0.3, -0.25) is 13.9 Å². The molecule has 2 fully saturated rings. The smallest absolute Gasteiger partial charge is 0.459 e. The van der Waals surface area contributed by atoms with E-state index in [1.54, 1.807) is 0 Å². The van der Waals surface area contributed by atoms with Gasteiger partial charge in [0.05, 0.1) is 12.4 Å². The second-order valence-corrected chi connectivity index (χ2v) is 12.1.